The van der Waals surface area contributed by atoms with Crippen molar-refractivity contribution in [3.63, 3.8) is 0 Å². The van der Waals surface area contributed by atoms with Gasteiger partial charge >= 0.3 is 0 Å². The number of nitrogens with zero attached hydrogens (tertiary/aromatic N) is 1. The summed E-state index contributed by atoms with van der Waals surface area (Å²) in [4.78, 5) is 2.76. The van der Waals surface area contributed by atoms with Gasteiger partial charge < -0.3 is 0 Å². The molecule has 1 aliphatic carbocycles. The Morgan fingerprint density at radius 1 is 1.09 bits per heavy atom. The maximum absolute atomic E-state index is 2.76. The van der Waals surface area contributed by atoms with Gasteiger partial charge in [-0.2, -0.15) is 0 Å². The van der Waals surface area contributed by atoms with Gasteiger partial charge in [-0.15, -0.1) is 0 Å². The molecule has 1 nitrogen and oxygen atoms in total. The Labute approximate surface area is 68.8 Å². The third-order valence-corrected chi connectivity index (χ3v) is 4.25. The molecule has 0 aromatic carbocycles. The summed E-state index contributed by atoms with van der Waals surface area (Å²) in [6, 6.07) is 1.02. The average Bonchev–Trinajstić information content (AvgIpc) is 2.52. The topological polar surface area (TPSA) is 3.24 Å². The number of hydrogen-bond donors (Lipinski definition) is 0. The molecule has 0 radical (unpaired) electrons. The first-order valence-electron chi connectivity index (χ1n) is 5.10. The summed E-state index contributed by atoms with van der Waals surface area (Å²) in [5.74, 6) is 3.20. The zero-order valence-electron chi connectivity index (χ0n) is 7.29. The second-order valence-corrected chi connectivity index (χ2v) is 4.76. The normalized spacial score (nSPS) is 60.3. The smallest absolute Gasteiger partial charge is 0.0127 e. The predicted molar refractivity (Wildman–Crippen MR) is 45.4 cm³/mol. The third-order valence-electron chi connectivity index (χ3n) is 4.25. The predicted octanol–water partition coefficient (Wildman–Crippen LogP) is 1.74. The van der Waals surface area contributed by atoms with E-state index >= 15 is 0 Å². The molecule has 2 bridgehead atoms. The number of fused-ring (bicyclic) bond motifs is 5. The lowest BCUT2D eigenvalue weighted by Gasteiger charge is -2.30. The second-order valence-electron chi connectivity index (χ2n) is 4.76. The van der Waals surface area contributed by atoms with Gasteiger partial charge in [0.15, 0.2) is 0 Å². The minimum Gasteiger partial charge on any atom is -0.300 e. The van der Waals surface area contributed by atoms with Gasteiger partial charge in [-0.3, -0.25) is 4.90 Å². The van der Waals surface area contributed by atoms with Gasteiger partial charge in [0.2, 0.25) is 0 Å². The Bertz CT molecular complexity index is 178. The minimum absolute atomic E-state index is 1.01. The van der Waals surface area contributed by atoms with E-state index in [1.54, 1.807) is 0 Å². The summed E-state index contributed by atoms with van der Waals surface area (Å²) in [6.07, 6.45) is 4.55. The zero-order valence-corrected chi connectivity index (χ0v) is 7.29. The van der Waals surface area contributed by atoms with Crippen LogP contribution in [0.5, 0.6) is 0 Å². The summed E-state index contributed by atoms with van der Waals surface area (Å²) >= 11 is 0. The molecule has 0 N–H and O–H groups in total. The Morgan fingerprint density at radius 3 is 2.91 bits per heavy atom. The zero-order chi connectivity index (χ0) is 7.42. The van der Waals surface area contributed by atoms with Crippen LogP contribution in [0, 0.1) is 17.8 Å². The minimum atomic E-state index is 1.01. The van der Waals surface area contributed by atoms with E-state index in [0.717, 1.165) is 23.8 Å². The third kappa shape index (κ3) is 0.703. The van der Waals surface area contributed by atoms with Crippen LogP contribution in [0.1, 0.15) is 26.2 Å². The molecule has 2 saturated heterocycles. The van der Waals surface area contributed by atoms with E-state index in [2.05, 4.69) is 11.8 Å². The van der Waals surface area contributed by atoms with Crippen LogP contribution < -0.4 is 0 Å². The van der Waals surface area contributed by atoms with Crippen LogP contribution in [-0.2, 0) is 0 Å². The fraction of sp³-hybridized carbons (Fsp3) is 1.00. The maximum atomic E-state index is 2.76. The van der Waals surface area contributed by atoms with Crippen LogP contribution in [-0.4, -0.2) is 24.0 Å². The lowest BCUT2D eigenvalue weighted by atomic mass is 9.82. The Hall–Kier alpha value is -0.0400. The highest BCUT2D eigenvalue weighted by Gasteiger charge is 2.50. The summed E-state index contributed by atoms with van der Waals surface area (Å²) in [6.45, 7) is 5.29. The van der Waals surface area contributed by atoms with Crippen molar-refractivity contribution in [2.75, 3.05) is 13.1 Å². The molecule has 0 amide bonds. The molecule has 2 aliphatic heterocycles. The van der Waals surface area contributed by atoms with Crippen LogP contribution in [0.15, 0.2) is 0 Å². The van der Waals surface area contributed by atoms with Crippen molar-refractivity contribution >= 4 is 0 Å². The fourth-order valence-electron chi connectivity index (χ4n) is 3.78. The molecule has 3 fully saturated rings. The Balaban J connectivity index is 1.90. The molecule has 0 spiro atoms. The molecule has 3 aliphatic rings. The van der Waals surface area contributed by atoms with Crippen LogP contribution in [0.3, 0.4) is 0 Å². The average molecular weight is 151 g/mol. The number of hydrogen-bond acceptors (Lipinski definition) is 1. The van der Waals surface area contributed by atoms with E-state index in [1.807, 2.05) is 0 Å². The molecule has 0 aromatic heterocycles. The van der Waals surface area contributed by atoms with Crippen LogP contribution in [0.2, 0.25) is 0 Å². The van der Waals surface area contributed by atoms with Crippen molar-refractivity contribution in [1.29, 1.82) is 0 Å². The molecule has 5 atom stereocenters. The van der Waals surface area contributed by atoms with Crippen molar-refractivity contribution in [3.8, 4) is 0 Å². The molecule has 1 saturated carbocycles. The highest BCUT2D eigenvalue weighted by atomic mass is 15.2. The van der Waals surface area contributed by atoms with E-state index in [-0.39, 0.29) is 0 Å². The van der Waals surface area contributed by atoms with Crippen molar-refractivity contribution < 1.29 is 0 Å². The Morgan fingerprint density at radius 2 is 2.00 bits per heavy atom. The fourth-order valence-corrected chi connectivity index (χ4v) is 3.78. The maximum Gasteiger partial charge on any atom is 0.0127 e. The first-order chi connectivity index (χ1) is 5.36. The van der Waals surface area contributed by atoms with Crippen molar-refractivity contribution in [3.05, 3.63) is 0 Å². The van der Waals surface area contributed by atoms with Gasteiger partial charge in [0.1, 0.15) is 0 Å². The van der Waals surface area contributed by atoms with Crippen molar-refractivity contribution in [2.45, 2.75) is 32.2 Å². The first-order valence-corrected chi connectivity index (χ1v) is 5.10. The number of rotatable bonds is 0. The van der Waals surface area contributed by atoms with E-state index < -0.39 is 0 Å². The Kier molecular flexibility index (Phi) is 1.18. The van der Waals surface area contributed by atoms with Gasteiger partial charge in [0, 0.05) is 19.1 Å². The molecular weight excluding hydrogens is 134 g/mol. The van der Waals surface area contributed by atoms with E-state index in [0.29, 0.717) is 0 Å². The highest BCUT2D eigenvalue weighted by molar-refractivity contribution is 5.03. The molecule has 1 heteroatoms. The summed E-state index contributed by atoms with van der Waals surface area (Å²) in [5.41, 5.74) is 0. The SMILES string of the molecule is CC1CN2CC1C1CCCC12. The van der Waals surface area contributed by atoms with Gasteiger partial charge in [-0.25, -0.2) is 0 Å². The molecule has 11 heavy (non-hydrogen) atoms. The standard InChI is InChI=1S/C10H17N/c1-7-5-11-6-9(7)8-3-2-4-10(8)11/h7-10H,2-6H2,1H3. The molecule has 0 aromatic rings. The molecule has 2 heterocycles. The van der Waals surface area contributed by atoms with Gasteiger partial charge in [-0.1, -0.05) is 13.3 Å². The highest BCUT2D eigenvalue weighted by Crippen LogP contribution is 2.49. The molecule has 62 valence electrons. The van der Waals surface area contributed by atoms with Crippen LogP contribution in [0.25, 0.3) is 0 Å². The van der Waals surface area contributed by atoms with Gasteiger partial charge in [0.25, 0.3) is 0 Å². The van der Waals surface area contributed by atoms with Gasteiger partial charge in [0.05, 0.1) is 0 Å². The van der Waals surface area contributed by atoms with E-state index in [4.69, 9.17) is 0 Å². The summed E-state index contributed by atoms with van der Waals surface area (Å²) in [7, 11) is 0. The van der Waals surface area contributed by atoms with Crippen LogP contribution >= 0.6 is 0 Å². The van der Waals surface area contributed by atoms with Crippen LogP contribution in [0.4, 0.5) is 0 Å². The first kappa shape index (κ1) is 6.47. The monoisotopic (exact) mass is 151 g/mol. The van der Waals surface area contributed by atoms with E-state index in [9.17, 15) is 0 Å². The molecular formula is C10H17N. The van der Waals surface area contributed by atoms with E-state index in [1.165, 1.54) is 32.4 Å². The van der Waals surface area contributed by atoms with Crippen molar-refractivity contribution in [2.24, 2.45) is 17.8 Å². The quantitative estimate of drug-likeness (QED) is 0.509. The van der Waals surface area contributed by atoms with Gasteiger partial charge in [-0.05, 0) is 30.6 Å². The second kappa shape index (κ2) is 2.01. The summed E-state index contributed by atoms with van der Waals surface area (Å²) < 4.78 is 0. The number of piperidine rings is 1. The molecule has 3 rings (SSSR count). The lowest BCUT2D eigenvalue weighted by molar-refractivity contribution is 0.185. The van der Waals surface area contributed by atoms with Crippen molar-refractivity contribution in [1.82, 2.24) is 4.90 Å². The molecule has 5 unspecified atom stereocenters. The summed E-state index contributed by atoms with van der Waals surface area (Å²) in [5, 5.41) is 0. The lowest BCUT2D eigenvalue weighted by Crippen LogP contribution is -2.35. The largest absolute Gasteiger partial charge is 0.300 e.